The normalized spacial score (nSPS) is 17.8. The van der Waals surface area contributed by atoms with E-state index in [0.29, 0.717) is 100 Å². The maximum absolute atomic E-state index is 12.9. The van der Waals surface area contributed by atoms with E-state index in [0.717, 1.165) is 145 Å². The molecule has 5 saturated heterocycles. The van der Waals surface area contributed by atoms with E-state index in [4.69, 9.17) is 52.5 Å². The lowest BCUT2D eigenvalue weighted by molar-refractivity contribution is -0.340. The molecule has 750 valence electrons. The number of thiophene rings is 5. The Morgan fingerprint density at radius 2 is 0.838 bits per heavy atom. The van der Waals surface area contributed by atoms with Crippen molar-refractivity contribution in [2.75, 3.05) is 115 Å². The number of halogens is 16. The first-order valence-electron chi connectivity index (χ1n) is 42.7. The number of carbonyl (C=O) groups is 4. The summed E-state index contributed by atoms with van der Waals surface area (Å²) in [5, 5.41) is 5.78. The Balaban J connectivity index is 0.000000180. The number of nitrogen functional groups attached to an aromatic ring is 2. The molecule has 1 aliphatic carbocycles. The lowest BCUT2D eigenvalue weighted by Crippen LogP contribution is -2.37. The van der Waals surface area contributed by atoms with Crippen LogP contribution >= 0.6 is 68.3 Å². The molecule has 27 nitrogen and oxygen atoms in total. The van der Waals surface area contributed by atoms with E-state index in [-0.39, 0.29) is 75.2 Å². The number of carbonyl (C=O) groups excluding carboxylic acids is 4. The predicted molar refractivity (Wildman–Crippen MR) is 496 cm³/mol. The summed E-state index contributed by atoms with van der Waals surface area (Å²) in [6, 6.07) is 13.5. The molecule has 10 aromatic rings. The van der Waals surface area contributed by atoms with Crippen LogP contribution in [0.2, 0.25) is 5.15 Å². The number of nitrogens with zero attached hydrogens (tertiary/aromatic N) is 11. The van der Waals surface area contributed by atoms with Crippen molar-refractivity contribution < 1.29 is 113 Å². The summed E-state index contributed by atoms with van der Waals surface area (Å²) >= 11 is 10.6. The predicted octanol–water partition coefficient (Wildman–Crippen LogP) is 20.8. The largest absolute Gasteiger partial charge is 0.465 e. The number of esters is 1. The SMILES string of the molecule is CC(C)(C)OC(=O)N1CCC2(CCCC2)C1.COC(=O)c1ccc(N)cc1.COC(C)(OC)OC.Cc1nc(Cl)c2cc(CC(F)(F)F)sc2n1.Cc1nc(N2CCC3(CCN(C(=O)OC(C)(C)C)C3)C2)c2cc(CC(F)(F)F)sc2n1.Cc1nc(N2CCC3(CCNC3)C2)c2cc(CC(F)(F)F)sc2n1.Cc1nc2sc(CC(F)(F)F)cc2c(=O)[nH]1.NC(=O)c1cc(CC(F)(F)F)sc1N. The number of aryl methyl sites for hydroxylation is 4. The Kier molecular flexibility index (Phi) is 36.4. The van der Waals surface area contributed by atoms with Gasteiger partial charge in [0.15, 0.2) is 0 Å². The Bertz CT molecular complexity index is 5810. The van der Waals surface area contributed by atoms with Crippen molar-refractivity contribution in [3.8, 4) is 0 Å². The Labute approximate surface area is 799 Å². The third-order valence-electron chi connectivity index (χ3n) is 22.2. The quantitative estimate of drug-likeness (QED) is 0.0189. The van der Waals surface area contributed by atoms with Gasteiger partial charge in [0.2, 0.25) is 0 Å². The number of primary amides is 1. The van der Waals surface area contributed by atoms with Gasteiger partial charge in [0.25, 0.3) is 17.4 Å². The average molecular weight is 2050 g/mol. The molecule has 5 aliphatic heterocycles. The average Bonchev–Trinajstić information content (AvgIpc) is 1.63. The van der Waals surface area contributed by atoms with E-state index in [1.165, 1.54) is 72.7 Å². The first-order chi connectivity index (χ1) is 63.0. The Morgan fingerprint density at radius 3 is 1.23 bits per heavy atom. The molecule has 48 heteroatoms. The first kappa shape index (κ1) is 110. The summed E-state index contributed by atoms with van der Waals surface area (Å²) in [5.74, 6) is 1.48. The molecule has 6 aliphatic rings. The number of amides is 3. The number of likely N-dealkylation sites (tertiary alicyclic amines) is 2. The van der Waals surface area contributed by atoms with Crippen LogP contribution in [0.1, 0.15) is 175 Å². The number of nitrogens with two attached hydrogens (primary N) is 3. The maximum Gasteiger partial charge on any atom is 0.410 e. The van der Waals surface area contributed by atoms with Crippen LogP contribution in [-0.2, 0) is 60.5 Å². The smallest absolute Gasteiger partial charge is 0.410 e. The van der Waals surface area contributed by atoms with Gasteiger partial charge in [-0.1, -0.05) is 24.4 Å². The number of hydrogen-bond acceptors (Lipinski definition) is 28. The highest BCUT2D eigenvalue weighted by molar-refractivity contribution is 7.19. The molecule has 16 rings (SSSR count). The minimum atomic E-state index is -4.30. The molecule has 6 fully saturated rings. The van der Waals surface area contributed by atoms with Gasteiger partial charge >= 0.3 is 49.0 Å². The fourth-order valence-corrected chi connectivity index (χ4v) is 21.6. The fraction of sp³-hybridized carbons (Fsp3) is 0.568. The molecular formula is C88H110ClF15N16O11S5. The number of rotatable bonds is 12. The van der Waals surface area contributed by atoms with Crippen LogP contribution in [-0.4, -0.2) is 216 Å². The minimum Gasteiger partial charge on any atom is -0.465 e. The number of H-pyrrole nitrogens is 1. The van der Waals surface area contributed by atoms with Gasteiger partial charge in [-0.3, -0.25) is 9.59 Å². The minimum absolute atomic E-state index is 0.0104. The molecular weight excluding hydrogens is 1940 g/mol. The van der Waals surface area contributed by atoms with E-state index in [2.05, 4.69) is 59.7 Å². The molecule has 0 bridgehead atoms. The highest BCUT2D eigenvalue weighted by Crippen LogP contribution is 2.48. The van der Waals surface area contributed by atoms with E-state index in [1.807, 2.05) is 46.4 Å². The molecule has 14 heterocycles. The second-order valence-electron chi connectivity index (χ2n) is 35.8. The van der Waals surface area contributed by atoms with Gasteiger partial charge in [-0.05, 0) is 181 Å². The molecule has 136 heavy (non-hydrogen) atoms. The van der Waals surface area contributed by atoms with Crippen molar-refractivity contribution >= 4 is 156 Å². The highest BCUT2D eigenvalue weighted by atomic mass is 35.5. The van der Waals surface area contributed by atoms with Gasteiger partial charge in [-0.15, -0.1) is 56.7 Å². The summed E-state index contributed by atoms with van der Waals surface area (Å²) < 4.78 is 215. The molecule has 1 saturated carbocycles. The number of aromatic nitrogens is 8. The zero-order valence-electron chi connectivity index (χ0n) is 77.4. The molecule has 9 aromatic heterocycles. The van der Waals surface area contributed by atoms with Gasteiger partial charge in [-0.25, -0.2) is 49.3 Å². The van der Waals surface area contributed by atoms with Crippen LogP contribution < -0.4 is 37.9 Å². The number of anilines is 4. The topological polar surface area (TPSA) is 350 Å². The third-order valence-corrected chi connectivity index (χ3v) is 27.6. The van der Waals surface area contributed by atoms with Crippen molar-refractivity contribution in [3.63, 3.8) is 0 Å². The number of fused-ring (bicyclic) bond motifs is 4. The maximum atomic E-state index is 12.9. The van der Waals surface area contributed by atoms with Crippen LogP contribution in [0.4, 0.5) is 97.8 Å². The molecule has 0 radical (unpaired) electrons. The van der Waals surface area contributed by atoms with Gasteiger partial charge in [0.1, 0.15) is 70.6 Å². The first-order valence-corrected chi connectivity index (χ1v) is 47.2. The zero-order chi connectivity index (χ0) is 101. The number of methoxy groups -OCH3 is 4. The molecule has 2 atom stereocenters. The standard InChI is InChI=1S/C21H27F3N4O2S.C16H19F3N4S.C13H23NO2.C9H6ClF3N2S.C9H7F3N2OS.C8H9NO2.C7H7F3N2OS.C5H12O3/c1-13-25-16(15-9-14(10-21(22,23)24)31-17(15)26-13)27-7-5-20(11-27)6-8-28(12-20)18(29)30-19(2,3)4;1-10-21-13(23-5-3-15(9-23)2-4-20-8-15)12-6-11(7-16(17,18)19)24-14(12)22-10;1-12(2,3)16-11(15)14-9-8-13(10-14)6-4-5-7-13;1-4-14-7(10)6-2-5(3-9(11,12)13)16-8(6)15-4;1-4-13-7(15)6-2-5(3-9(10,11)12)16-8(6)14-4;1-11-8(10)6-2-4-7(9)5-3-6;8-7(9,10)2-3-1-4(5(11)13)6(12)14-3;1-5(6-2,7-3)8-4/h9H,5-8,10-12H2,1-4H3;6,20H,2-5,7-9H2,1H3;4-10H2,1-3H3;2H,3H2,1H3;2H,3H2,1H3,(H,13,14,15);2-5H,9H2,1H3;1H,2,12H2,(H2,11,13);1-4H3. The molecule has 3 spiro atoms. The molecule has 8 N–H and O–H groups in total. The Morgan fingerprint density at radius 1 is 0.463 bits per heavy atom. The highest BCUT2D eigenvalue weighted by Gasteiger charge is 2.48. The fourth-order valence-electron chi connectivity index (χ4n) is 15.9. The van der Waals surface area contributed by atoms with E-state index in [1.54, 1.807) is 75.9 Å². The van der Waals surface area contributed by atoms with Crippen molar-refractivity contribution in [1.29, 1.82) is 0 Å². The van der Waals surface area contributed by atoms with Crippen molar-refractivity contribution in [2.24, 2.45) is 22.0 Å². The lowest BCUT2D eigenvalue weighted by Gasteiger charge is -2.27. The number of alkyl halides is 15. The van der Waals surface area contributed by atoms with Crippen LogP contribution in [0.5, 0.6) is 0 Å². The zero-order valence-corrected chi connectivity index (χ0v) is 82.2. The van der Waals surface area contributed by atoms with E-state index < -0.39 is 86.0 Å². The van der Waals surface area contributed by atoms with Crippen LogP contribution in [0.15, 0.2) is 59.4 Å². The number of aromatic amines is 1. The van der Waals surface area contributed by atoms with Crippen LogP contribution in [0.3, 0.4) is 0 Å². The number of ether oxygens (including phenoxy) is 6. The number of hydrogen-bond donors (Lipinski definition) is 5. The van der Waals surface area contributed by atoms with E-state index >= 15 is 0 Å². The van der Waals surface area contributed by atoms with Crippen molar-refractivity contribution in [2.45, 2.75) is 214 Å². The second kappa shape index (κ2) is 44.8. The monoisotopic (exact) mass is 2050 g/mol. The Hall–Kier alpha value is -9.36. The molecule has 3 amide bonds. The number of nitrogens with one attached hydrogen (secondary N) is 2. The van der Waals surface area contributed by atoms with Gasteiger partial charge < -0.3 is 75.5 Å². The summed E-state index contributed by atoms with van der Waals surface area (Å²) in [6.07, 6.45) is -16.1. The van der Waals surface area contributed by atoms with Crippen LogP contribution in [0, 0.1) is 43.9 Å². The summed E-state index contributed by atoms with van der Waals surface area (Å²) in [6.45, 7) is 28.2. The van der Waals surface area contributed by atoms with E-state index in [9.17, 15) is 89.8 Å². The van der Waals surface area contributed by atoms with Gasteiger partial charge in [0, 0.05) is 133 Å². The third kappa shape index (κ3) is 32.9. The van der Waals surface area contributed by atoms with Gasteiger partial charge in [0.05, 0.1) is 71.5 Å². The summed E-state index contributed by atoms with van der Waals surface area (Å²) in [4.78, 5) is 100. The molecule has 2 unspecified atom stereocenters. The van der Waals surface area contributed by atoms with Gasteiger partial charge in [-0.2, -0.15) is 65.9 Å². The van der Waals surface area contributed by atoms with Crippen molar-refractivity contribution in [1.82, 2.24) is 55.0 Å². The lowest BCUT2D eigenvalue weighted by atomic mass is 9.86. The number of benzene rings is 1. The summed E-state index contributed by atoms with van der Waals surface area (Å²) in [7, 11) is 5.91. The second-order valence-corrected chi connectivity index (χ2v) is 41.8. The van der Waals surface area contributed by atoms with Crippen molar-refractivity contribution in [3.05, 3.63) is 129 Å². The molecule has 1 aromatic carbocycles. The van der Waals surface area contributed by atoms with Crippen LogP contribution in [0.25, 0.3) is 40.9 Å². The summed E-state index contributed by atoms with van der Waals surface area (Å²) in [5.41, 5.74) is 16.1.